The average Bonchev–Trinajstić information content (AvgIpc) is 3.14. The molecule has 0 atom stereocenters. The molecule has 5 nitrogen and oxygen atoms in total. The zero-order chi connectivity index (χ0) is 19.4. The molecule has 0 radical (unpaired) electrons. The number of rotatable bonds is 6. The van der Waals surface area contributed by atoms with E-state index in [1.807, 2.05) is 75.3 Å². The first-order chi connectivity index (χ1) is 13.0. The number of carbonyl (C=O) groups excluding carboxylic acids is 1. The van der Waals surface area contributed by atoms with Crippen LogP contribution in [-0.2, 0) is 0 Å². The molecule has 0 bridgehead atoms. The smallest absolute Gasteiger partial charge is 0.275 e. The van der Waals surface area contributed by atoms with Crippen LogP contribution in [-0.4, -0.2) is 31.6 Å². The van der Waals surface area contributed by atoms with Crippen LogP contribution < -0.4 is 15.0 Å². The third kappa shape index (κ3) is 4.46. The van der Waals surface area contributed by atoms with Gasteiger partial charge in [0.2, 0.25) is 0 Å². The number of nitrogens with zero attached hydrogens (tertiary/aromatic N) is 2. The number of benzene rings is 2. The second-order valence-corrected chi connectivity index (χ2v) is 7.20. The van der Waals surface area contributed by atoms with E-state index >= 15 is 0 Å². The van der Waals surface area contributed by atoms with E-state index in [1.165, 1.54) is 11.3 Å². The summed E-state index contributed by atoms with van der Waals surface area (Å²) in [5.41, 5.74) is 4.28. The van der Waals surface area contributed by atoms with E-state index in [4.69, 9.17) is 4.74 Å². The van der Waals surface area contributed by atoms with E-state index in [0.29, 0.717) is 12.3 Å². The number of anilines is 2. The Kier molecular flexibility index (Phi) is 5.76. The Morgan fingerprint density at radius 2 is 1.93 bits per heavy atom. The third-order valence-electron chi connectivity index (χ3n) is 4.12. The fourth-order valence-electron chi connectivity index (χ4n) is 2.62. The number of nitrogens with one attached hydrogen (secondary N) is 1. The van der Waals surface area contributed by atoms with Gasteiger partial charge >= 0.3 is 0 Å². The van der Waals surface area contributed by atoms with Crippen LogP contribution >= 0.6 is 11.3 Å². The molecule has 0 saturated carbocycles. The number of thiazole rings is 1. The standard InChI is InChI=1S/C21H23N3O2S/c1-5-26-17-9-6-15(7-10-17)21-23-19(13-27-21)20(25)22-18-11-8-16(24(3)4)12-14(18)2/h6-13H,5H2,1-4H3,(H,22,25). The molecule has 6 heteroatoms. The van der Waals surface area contributed by atoms with Crippen LogP contribution in [0.5, 0.6) is 5.75 Å². The zero-order valence-electron chi connectivity index (χ0n) is 15.9. The first-order valence-corrected chi connectivity index (χ1v) is 9.64. The van der Waals surface area contributed by atoms with Gasteiger partial charge in [0.05, 0.1) is 6.61 Å². The van der Waals surface area contributed by atoms with Gasteiger partial charge in [-0.2, -0.15) is 0 Å². The molecule has 0 saturated heterocycles. The molecule has 3 rings (SSSR count). The second kappa shape index (κ2) is 8.22. The molecule has 0 fully saturated rings. The van der Waals surface area contributed by atoms with Crippen molar-refractivity contribution in [3.8, 4) is 16.3 Å². The first kappa shape index (κ1) is 18.9. The highest BCUT2D eigenvalue weighted by molar-refractivity contribution is 7.13. The van der Waals surface area contributed by atoms with Gasteiger partial charge < -0.3 is 15.0 Å². The molecule has 0 spiro atoms. The molecule has 1 amide bonds. The Bertz CT molecular complexity index is 933. The molecule has 0 aliphatic heterocycles. The SMILES string of the molecule is CCOc1ccc(-c2nc(C(=O)Nc3ccc(N(C)C)cc3C)cs2)cc1. The monoisotopic (exact) mass is 381 g/mol. The van der Waals surface area contributed by atoms with E-state index in [-0.39, 0.29) is 5.91 Å². The number of carbonyl (C=O) groups is 1. The van der Waals surface area contributed by atoms with Crippen molar-refractivity contribution in [1.29, 1.82) is 0 Å². The molecule has 140 valence electrons. The minimum Gasteiger partial charge on any atom is -0.494 e. The number of ether oxygens (including phenoxy) is 1. The van der Waals surface area contributed by atoms with Crippen LogP contribution in [0, 0.1) is 6.92 Å². The zero-order valence-corrected chi connectivity index (χ0v) is 16.8. The molecular formula is C21H23N3O2S. The number of aromatic nitrogens is 1. The fraction of sp³-hybridized carbons (Fsp3) is 0.238. The fourth-order valence-corrected chi connectivity index (χ4v) is 3.43. The van der Waals surface area contributed by atoms with Crippen molar-refractivity contribution in [3.63, 3.8) is 0 Å². The van der Waals surface area contributed by atoms with E-state index in [9.17, 15) is 4.79 Å². The molecule has 27 heavy (non-hydrogen) atoms. The normalized spacial score (nSPS) is 10.5. The van der Waals surface area contributed by atoms with E-state index < -0.39 is 0 Å². The Morgan fingerprint density at radius 3 is 2.56 bits per heavy atom. The first-order valence-electron chi connectivity index (χ1n) is 8.76. The highest BCUT2D eigenvalue weighted by atomic mass is 32.1. The summed E-state index contributed by atoms with van der Waals surface area (Å²) in [5, 5.41) is 5.54. The summed E-state index contributed by atoms with van der Waals surface area (Å²) in [6, 6.07) is 13.7. The van der Waals surface area contributed by atoms with Gasteiger partial charge in [0.1, 0.15) is 16.5 Å². The maximum Gasteiger partial charge on any atom is 0.275 e. The van der Waals surface area contributed by atoms with Crippen LogP contribution in [0.25, 0.3) is 10.6 Å². The van der Waals surface area contributed by atoms with Crippen LogP contribution in [0.4, 0.5) is 11.4 Å². The van der Waals surface area contributed by atoms with Gasteiger partial charge in [-0.05, 0) is 61.9 Å². The van der Waals surface area contributed by atoms with Crippen LogP contribution in [0.3, 0.4) is 0 Å². The molecule has 0 aliphatic rings. The molecule has 1 N–H and O–H groups in total. The Morgan fingerprint density at radius 1 is 1.19 bits per heavy atom. The van der Waals surface area contributed by atoms with Gasteiger partial charge in [-0.15, -0.1) is 11.3 Å². The van der Waals surface area contributed by atoms with E-state index in [1.54, 1.807) is 5.38 Å². The number of amides is 1. The Balaban J connectivity index is 1.73. The van der Waals surface area contributed by atoms with Gasteiger partial charge in [0.15, 0.2) is 0 Å². The summed E-state index contributed by atoms with van der Waals surface area (Å²) in [6.07, 6.45) is 0. The molecule has 1 heterocycles. The van der Waals surface area contributed by atoms with Crippen LogP contribution in [0.15, 0.2) is 47.8 Å². The summed E-state index contributed by atoms with van der Waals surface area (Å²) in [7, 11) is 3.98. The van der Waals surface area contributed by atoms with Crippen molar-refractivity contribution in [2.45, 2.75) is 13.8 Å². The highest BCUT2D eigenvalue weighted by Crippen LogP contribution is 2.27. The third-order valence-corrected chi connectivity index (χ3v) is 5.02. The predicted molar refractivity (Wildman–Crippen MR) is 112 cm³/mol. The van der Waals surface area contributed by atoms with Gasteiger partial charge in [-0.1, -0.05) is 0 Å². The van der Waals surface area contributed by atoms with Gasteiger partial charge in [-0.3, -0.25) is 4.79 Å². The van der Waals surface area contributed by atoms with Crippen molar-refractivity contribution in [3.05, 3.63) is 59.1 Å². The highest BCUT2D eigenvalue weighted by Gasteiger charge is 2.13. The molecule has 1 aromatic heterocycles. The predicted octanol–water partition coefficient (Wildman–Crippen LogP) is 4.84. The molecule has 2 aromatic carbocycles. The van der Waals surface area contributed by atoms with Crippen molar-refractivity contribution < 1.29 is 9.53 Å². The number of hydrogen-bond acceptors (Lipinski definition) is 5. The lowest BCUT2D eigenvalue weighted by Gasteiger charge is -2.15. The minimum atomic E-state index is -0.205. The average molecular weight is 382 g/mol. The lowest BCUT2D eigenvalue weighted by Crippen LogP contribution is -2.14. The largest absolute Gasteiger partial charge is 0.494 e. The van der Waals surface area contributed by atoms with E-state index in [0.717, 1.165) is 33.3 Å². The van der Waals surface area contributed by atoms with Gasteiger partial charge in [-0.25, -0.2) is 4.98 Å². The van der Waals surface area contributed by atoms with Crippen molar-refractivity contribution in [2.24, 2.45) is 0 Å². The minimum absolute atomic E-state index is 0.205. The van der Waals surface area contributed by atoms with Crippen LogP contribution in [0.2, 0.25) is 0 Å². The molecule has 0 aliphatic carbocycles. The van der Waals surface area contributed by atoms with E-state index in [2.05, 4.69) is 10.3 Å². The van der Waals surface area contributed by atoms with Crippen LogP contribution in [0.1, 0.15) is 23.0 Å². The summed E-state index contributed by atoms with van der Waals surface area (Å²) in [5.74, 6) is 0.622. The summed E-state index contributed by atoms with van der Waals surface area (Å²) < 4.78 is 5.46. The Hall–Kier alpha value is -2.86. The summed E-state index contributed by atoms with van der Waals surface area (Å²) >= 11 is 1.45. The Labute approximate surface area is 163 Å². The summed E-state index contributed by atoms with van der Waals surface area (Å²) in [6.45, 7) is 4.57. The van der Waals surface area contributed by atoms with Crippen molar-refractivity contribution in [1.82, 2.24) is 4.98 Å². The second-order valence-electron chi connectivity index (χ2n) is 6.34. The molecule has 3 aromatic rings. The lowest BCUT2D eigenvalue weighted by molar-refractivity contribution is 0.102. The maximum atomic E-state index is 12.6. The van der Waals surface area contributed by atoms with Gasteiger partial charge in [0, 0.05) is 36.4 Å². The molecule has 0 unspecified atom stereocenters. The number of hydrogen-bond donors (Lipinski definition) is 1. The summed E-state index contributed by atoms with van der Waals surface area (Å²) in [4.78, 5) is 19.1. The molecular weight excluding hydrogens is 358 g/mol. The van der Waals surface area contributed by atoms with Gasteiger partial charge in [0.25, 0.3) is 5.91 Å². The quantitative estimate of drug-likeness (QED) is 0.664. The van der Waals surface area contributed by atoms with Crippen molar-refractivity contribution in [2.75, 3.05) is 30.9 Å². The maximum absolute atomic E-state index is 12.6. The topological polar surface area (TPSA) is 54.5 Å². The van der Waals surface area contributed by atoms with Crippen molar-refractivity contribution >= 4 is 28.6 Å². The number of aryl methyl sites for hydroxylation is 1. The lowest BCUT2D eigenvalue weighted by atomic mass is 10.1.